The van der Waals surface area contributed by atoms with E-state index in [2.05, 4.69) is 66.7 Å². The minimum absolute atomic E-state index is 0.779. The number of furan rings is 2. The van der Waals surface area contributed by atoms with Gasteiger partial charge in [0.25, 0.3) is 0 Å². The average molecular weight is 336 g/mol. The number of fused-ring (bicyclic) bond motifs is 6. The molecule has 6 rings (SSSR count). The molecule has 2 nitrogen and oxygen atoms in total. The third-order valence-electron chi connectivity index (χ3n) is 5.37. The molecular weight excluding hydrogens is 320 g/mol. The van der Waals surface area contributed by atoms with E-state index in [1.54, 1.807) is 0 Å². The van der Waals surface area contributed by atoms with Gasteiger partial charge in [-0.1, -0.05) is 48.6 Å². The van der Waals surface area contributed by atoms with Crippen LogP contribution in [0.15, 0.2) is 75.6 Å². The van der Waals surface area contributed by atoms with E-state index < -0.39 is 0 Å². The van der Waals surface area contributed by atoms with Gasteiger partial charge in [-0.2, -0.15) is 0 Å². The summed E-state index contributed by atoms with van der Waals surface area (Å²) >= 11 is 0. The van der Waals surface area contributed by atoms with E-state index in [0.29, 0.717) is 0 Å². The van der Waals surface area contributed by atoms with Crippen molar-refractivity contribution in [3.05, 3.63) is 77.9 Å². The van der Waals surface area contributed by atoms with Crippen LogP contribution >= 0.6 is 0 Å². The third-order valence-corrected chi connectivity index (χ3v) is 5.37. The highest BCUT2D eigenvalue weighted by Crippen LogP contribution is 2.37. The van der Waals surface area contributed by atoms with E-state index in [4.69, 9.17) is 8.83 Å². The SMILES string of the molecule is C1=Cc2c(ccc3oc(-c4cc5c(ccc6ccccc65)o4)cc23)CC1. The van der Waals surface area contributed by atoms with Gasteiger partial charge in [0.2, 0.25) is 0 Å². The predicted molar refractivity (Wildman–Crippen MR) is 106 cm³/mol. The Morgan fingerprint density at radius 2 is 1.46 bits per heavy atom. The molecule has 124 valence electrons. The molecule has 0 radical (unpaired) electrons. The monoisotopic (exact) mass is 336 g/mol. The number of benzene rings is 3. The van der Waals surface area contributed by atoms with Crippen LogP contribution in [0, 0.1) is 0 Å². The summed E-state index contributed by atoms with van der Waals surface area (Å²) < 4.78 is 12.3. The van der Waals surface area contributed by atoms with Gasteiger partial charge in [0.15, 0.2) is 11.5 Å². The molecule has 0 saturated heterocycles. The van der Waals surface area contributed by atoms with Crippen molar-refractivity contribution in [2.24, 2.45) is 0 Å². The van der Waals surface area contributed by atoms with Crippen molar-refractivity contribution in [3.63, 3.8) is 0 Å². The van der Waals surface area contributed by atoms with Crippen molar-refractivity contribution in [1.82, 2.24) is 0 Å². The normalized spacial score (nSPS) is 13.7. The zero-order valence-corrected chi connectivity index (χ0v) is 14.2. The molecule has 1 aliphatic carbocycles. The van der Waals surface area contributed by atoms with E-state index in [-0.39, 0.29) is 0 Å². The summed E-state index contributed by atoms with van der Waals surface area (Å²) in [4.78, 5) is 0. The summed E-state index contributed by atoms with van der Waals surface area (Å²) in [6.07, 6.45) is 6.66. The van der Waals surface area contributed by atoms with Gasteiger partial charge in [-0.25, -0.2) is 0 Å². The maximum absolute atomic E-state index is 6.13. The first-order valence-corrected chi connectivity index (χ1v) is 9.00. The Morgan fingerprint density at radius 1 is 0.692 bits per heavy atom. The molecule has 2 aromatic heterocycles. The van der Waals surface area contributed by atoms with Crippen LogP contribution in [0.2, 0.25) is 0 Å². The average Bonchev–Trinajstić information content (AvgIpc) is 3.32. The van der Waals surface area contributed by atoms with Crippen molar-refractivity contribution in [2.45, 2.75) is 12.8 Å². The van der Waals surface area contributed by atoms with Crippen molar-refractivity contribution >= 4 is 38.8 Å². The second-order valence-electron chi connectivity index (χ2n) is 6.91. The lowest BCUT2D eigenvalue weighted by molar-refractivity contribution is 0.569. The highest BCUT2D eigenvalue weighted by Gasteiger charge is 2.16. The Hall–Kier alpha value is -3.26. The van der Waals surface area contributed by atoms with Gasteiger partial charge in [0, 0.05) is 10.8 Å². The Labute approximate surface area is 150 Å². The van der Waals surface area contributed by atoms with Crippen LogP contribution in [-0.4, -0.2) is 0 Å². The van der Waals surface area contributed by atoms with Crippen LogP contribution in [-0.2, 0) is 6.42 Å². The van der Waals surface area contributed by atoms with Crippen LogP contribution in [0.25, 0.3) is 50.3 Å². The molecule has 0 saturated carbocycles. The van der Waals surface area contributed by atoms with Gasteiger partial charge >= 0.3 is 0 Å². The lowest BCUT2D eigenvalue weighted by Gasteiger charge is -2.09. The molecule has 0 bridgehead atoms. The van der Waals surface area contributed by atoms with Crippen molar-refractivity contribution in [3.8, 4) is 11.5 Å². The minimum atomic E-state index is 0.779. The van der Waals surface area contributed by atoms with E-state index >= 15 is 0 Å². The molecule has 0 atom stereocenters. The summed E-state index contributed by atoms with van der Waals surface area (Å²) in [6.45, 7) is 0. The van der Waals surface area contributed by atoms with Crippen molar-refractivity contribution in [1.29, 1.82) is 0 Å². The first-order chi connectivity index (χ1) is 12.9. The second-order valence-corrected chi connectivity index (χ2v) is 6.91. The lowest BCUT2D eigenvalue weighted by Crippen LogP contribution is -1.93. The summed E-state index contributed by atoms with van der Waals surface area (Å²) in [7, 11) is 0. The van der Waals surface area contributed by atoms with Gasteiger partial charge < -0.3 is 8.83 Å². The Morgan fingerprint density at radius 3 is 2.38 bits per heavy atom. The summed E-state index contributed by atoms with van der Waals surface area (Å²) in [5.41, 5.74) is 4.48. The Bertz CT molecular complexity index is 1330. The molecule has 3 aromatic carbocycles. The maximum Gasteiger partial charge on any atom is 0.170 e. The summed E-state index contributed by atoms with van der Waals surface area (Å²) in [5.74, 6) is 1.56. The molecule has 2 heteroatoms. The smallest absolute Gasteiger partial charge is 0.170 e. The highest BCUT2D eigenvalue weighted by molar-refractivity contribution is 6.07. The number of aryl methyl sites for hydroxylation is 1. The number of hydrogen-bond acceptors (Lipinski definition) is 2. The molecule has 2 heterocycles. The quantitative estimate of drug-likeness (QED) is 0.331. The van der Waals surface area contributed by atoms with Crippen LogP contribution in [0.4, 0.5) is 0 Å². The largest absolute Gasteiger partial charge is 0.453 e. The van der Waals surface area contributed by atoms with E-state index in [1.807, 2.05) is 6.07 Å². The molecule has 0 N–H and O–H groups in total. The fourth-order valence-electron chi connectivity index (χ4n) is 4.07. The van der Waals surface area contributed by atoms with Crippen molar-refractivity contribution < 1.29 is 8.83 Å². The molecule has 0 amide bonds. The van der Waals surface area contributed by atoms with Crippen LogP contribution in [0.1, 0.15) is 17.5 Å². The first kappa shape index (κ1) is 14.0. The van der Waals surface area contributed by atoms with Gasteiger partial charge in [0.1, 0.15) is 11.2 Å². The molecule has 0 aliphatic heterocycles. The summed E-state index contributed by atoms with van der Waals surface area (Å²) in [5, 5.41) is 4.71. The Balaban J connectivity index is 1.59. The molecule has 5 aromatic rings. The zero-order valence-electron chi connectivity index (χ0n) is 14.2. The second kappa shape index (κ2) is 5.12. The van der Waals surface area contributed by atoms with Gasteiger partial charge in [-0.05, 0) is 59.0 Å². The van der Waals surface area contributed by atoms with Crippen LogP contribution < -0.4 is 0 Å². The lowest BCUT2D eigenvalue weighted by atomic mass is 9.95. The predicted octanol–water partition coefficient (Wildman–Crippen LogP) is 6.96. The van der Waals surface area contributed by atoms with Crippen molar-refractivity contribution in [2.75, 3.05) is 0 Å². The molecule has 0 spiro atoms. The number of allylic oxidation sites excluding steroid dienone is 1. The fourth-order valence-corrected chi connectivity index (χ4v) is 4.07. The third kappa shape index (κ3) is 1.93. The summed E-state index contributed by atoms with van der Waals surface area (Å²) in [6, 6.07) is 21.0. The first-order valence-electron chi connectivity index (χ1n) is 9.00. The number of hydrogen-bond donors (Lipinski definition) is 0. The van der Waals surface area contributed by atoms with Crippen LogP contribution in [0.5, 0.6) is 0 Å². The standard InChI is InChI=1S/C24H16O2/c1-3-7-17-15(5-1)9-11-21-19(17)13-23(25-21)24-14-20-18-8-4-2-6-16(18)10-12-22(20)26-24/h1,3-5,7-14H,2,6H2. The van der Waals surface area contributed by atoms with Gasteiger partial charge in [-0.3, -0.25) is 0 Å². The topological polar surface area (TPSA) is 26.3 Å². The molecule has 0 unspecified atom stereocenters. The fraction of sp³-hybridized carbons (Fsp3) is 0.0833. The molecule has 26 heavy (non-hydrogen) atoms. The Kier molecular flexibility index (Phi) is 2.75. The molecule has 0 fully saturated rings. The van der Waals surface area contributed by atoms with E-state index in [9.17, 15) is 0 Å². The molecular formula is C24H16O2. The minimum Gasteiger partial charge on any atom is -0.453 e. The van der Waals surface area contributed by atoms with Gasteiger partial charge in [-0.15, -0.1) is 0 Å². The molecule has 1 aliphatic rings. The number of rotatable bonds is 1. The van der Waals surface area contributed by atoms with Gasteiger partial charge in [0.05, 0.1) is 0 Å². The zero-order chi connectivity index (χ0) is 17.1. The highest BCUT2D eigenvalue weighted by atomic mass is 16.4. The van der Waals surface area contributed by atoms with E-state index in [1.165, 1.54) is 27.3 Å². The van der Waals surface area contributed by atoms with E-state index in [0.717, 1.165) is 40.9 Å². The maximum atomic E-state index is 6.13. The van der Waals surface area contributed by atoms with Crippen LogP contribution in [0.3, 0.4) is 0 Å².